The highest BCUT2D eigenvalue weighted by Crippen LogP contribution is 2.30. The molecule has 0 spiro atoms. The van der Waals surface area contributed by atoms with Gasteiger partial charge in [0.2, 0.25) is 0 Å². The number of nitrogens with one attached hydrogen (secondary N) is 1. The summed E-state index contributed by atoms with van der Waals surface area (Å²) in [6.07, 6.45) is 0. The molecule has 0 bridgehead atoms. The van der Waals surface area contributed by atoms with Crippen LogP contribution in [-0.4, -0.2) is 19.5 Å². The second-order valence-electron chi connectivity index (χ2n) is 3.78. The third kappa shape index (κ3) is 3.22. The minimum Gasteiger partial charge on any atom is -0.478 e. The molecule has 1 aromatic heterocycles. The Hall–Kier alpha value is -1.52. The fraction of sp³-hybridized carbons (Fsp3) is 0. The monoisotopic (exact) mass is 397 g/mol. The molecule has 21 heavy (non-hydrogen) atoms. The van der Waals surface area contributed by atoms with E-state index in [0.29, 0.717) is 12.1 Å². The summed E-state index contributed by atoms with van der Waals surface area (Å²) >= 11 is 3.91. The van der Waals surface area contributed by atoms with Crippen LogP contribution in [0.4, 0.5) is 14.5 Å². The Balaban J connectivity index is 2.47. The number of benzene rings is 1. The number of hydrogen-bond acceptors (Lipinski definition) is 4. The number of carbonyl (C=O) groups is 1. The normalized spacial score (nSPS) is 11.4. The Morgan fingerprint density at radius 1 is 1.29 bits per heavy atom. The summed E-state index contributed by atoms with van der Waals surface area (Å²) in [4.78, 5) is 10.8. The Bertz CT molecular complexity index is 820. The highest BCUT2D eigenvalue weighted by molar-refractivity contribution is 9.10. The van der Waals surface area contributed by atoms with Crippen molar-refractivity contribution in [3.8, 4) is 0 Å². The van der Waals surface area contributed by atoms with Crippen molar-refractivity contribution in [2.24, 2.45) is 0 Å². The van der Waals surface area contributed by atoms with Crippen LogP contribution >= 0.6 is 27.3 Å². The van der Waals surface area contributed by atoms with Crippen LogP contribution in [0.3, 0.4) is 0 Å². The van der Waals surface area contributed by atoms with Crippen molar-refractivity contribution in [1.29, 1.82) is 0 Å². The van der Waals surface area contributed by atoms with E-state index in [4.69, 9.17) is 5.11 Å². The number of aromatic carboxylic acids is 1. The first-order chi connectivity index (χ1) is 9.72. The highest BCUT2D eigenvalue weighted by Gasteiger charge is 2.23. The van der Waals surface area contributed by atoms with Crippen LogP contribution in [0.25, 0.3) is 0 Å². The van der Waals surface area contributed by atoms with E-state index >= 15 is 0 Å². The van der Waals surface area contributed by atoms with Crippen LogP contribution in [0.5, 0.6) is 0 Å². The molecule has 0 fully saturated rings. The second kappa shape index (κ2) is 5.70. The molecule has 5 nitrogen and oxygen atoms in total. The fourth-order valence-electron chi connectivity index (χ4n) is 1.45. The van der Waals surface area contributed by atoms with Crippen LogP contribution in [0.2, 0.25) is 0 Å². The summed E-state index contributed by atoms with van der Waals surface area (Å²) < 4.78 is 53.0. The van der Waals surface area contributed by atoms with Crippen molar-refractivity contribution in [3.63, 3.8) is 0 Å². The number of halogens is 3. The minimum atomic E-state index is -4.11. The summed E-state index contributed by atoms with van der Waals surface area (Å²) in [6, 6.07) is 2.39. The van der Waals surface area contributed by atoms with Crippen LogP contribution in [-0.2, 0) is 10.0 Å². The Morgan fingerprint density at radius 2 is 1.95 bits per heavy atom. The van der Waals surface area contributed by atoms with Crippen LogP contribution in [0.1, 0.15) is 10.4 Å². The molecule has 10 heteroatoms. The average molecular weight is 398 g/mol. The van der Waals surface area contributed by atoms with E-state index in [9.17, 15) is 22.0 Å². The summed E-state index contributed by atoms with van der Waals surface area (Å²) in [7, 11) is -4.11. The van der Waals surface area contributed by atoms with Gasteiger partial charge in [0.15, 0.2) is 4.21 Å². The van der Waals surface area contributed by atoms with Gasteiger partial charge in [0.25, 0.3) is 10.0 Å². The Labute approximate surface area is 130 Å². The van der Waals surface area contributed by atoms with Gasteiger partial charge in [-0.25, -0.2) is 22.0 Å². The van der Waals surface area contributed by atoms with Gasteiger partial charge < -0.3 is 5.11 Å². The zero-order valence-electron chi connectivity index (χ0n) is 9.93. The van der Waals surface area contributed by atoms with Crippen LogP contribution in [0.15, 0.2) is 32.3 Å². The number of hydrogen-bond donors (Lipinski definition) is 2. The van der Waals surface area contributed by atoms with Gasteiger partial charge in [-0.15, -0.1) is 11.3 Å². The van der Waals surface area contributed by atoms with Crippen molar-refractivity contribution < 1.29 is 27.1 Å². The molecule has 0 atom stereocenters. The predicted octanol–water partition coefficient (Wildman–Crippen LogP) is 3.29. The number of carboxylic acids is 1. The quantitative estimate of drug-likeness (QED) is 0.828. The summed E-state index contributed by atoms with van der Waals surface area (Å²) in [5, 5.41) is 10.3. The summed E-state index contributed by atoms with van der Waals surface area (Å²) in [5.74, 6) is -4.14. The smallest absolute Gasteiger partial charge is 0.338 e. The van der Waals surface area contributed by atoms with Gasteiger partial charge in [0.05, 0.1) is 11.3 Å². The van der Waals surface area contributed by atoms with Crippen molar-refractivity contribution in [2.75, 3.05) is 4.72 Å². The number of carboxylic acid groups (broad SMARTS) is 1. The fourth-order valence-corrected chi connectivity index (χ4v) is 4.85. The van der Waals surface area contributed by atoms with Crippen molar-refractivity contribution in [3.05, 3.63) is 45.2 Å². The van der Waals surface area contributed by atoms with E-state index in [-0.39, 0.29) is 8.68 Å². The maximum Gasteiger partial charge on any atom is 0.338 e. The minimum absolute atomic E-state index is 0.108. The van der Waals surface area contributed by atoms with Gasteiger partial charge in [-0.3, -0.25) is 4.72 Å². The molecule has 0 saturated heterocycles. The lowest BCUT2D eigenvalue weighted by molar-refractivity contribution is 0.0692. The molecule has 0 saturated carbocycles. The Morgan fingerprint density at radius 3 is 2.48 bits per heavy atom. The van der Waals surface area contributed by atoms with Gasteiger partial charge in [-0.05, 0) is 33.4 Å². The molecule has 112 valence electrons. The first-order valence-electron chi connectivity index (χ1n) is 5.20. The van der Waals surface area contributed by atoms with Gasteiger partial charge in [-0.1, -0.05) is 0 Å². The predicted molar refractivity (Wildman–Crippen MR) is 76.1 cm³/mol. The lowest BCUT2D eigenvalue weighted by Gasteiger charge is -2.09. The third-order valence-electron chi connectivity index (χ3n) is 2.36. The van der Waals surface area contributed by atoms with Crippen molar-refractivity contribution in [1.82, 2.24) is 0 Å². The van der Waals surface area contributed by atoms with Gasteiger partial charge in [0, 0.05) is 10.5 Å². The zero-order valence-corrected chi connectivity index (χ0v) is 13.2. The number of sulfonamides is 1. The summed E-state index contributed by atoms with van der Waals surface area (Å²) in [5.41, 5.74) is -1.48. The summed E-state index contributed by atoms with van der Waals surface area (Å²) in [6.45, 7) is 0. The molecule has 1 aromatic carbocycles. The third-order valence-corrected chi connectivity index (χ3v) is 6.40. The molecule has 0 amide bonds. The average Bonchev–Trinajstić information content (AvgIpc) is 2.79. The van der Waals surface area contributed by atoms with Crippen LogP contribution < -0.4 is 4.72 Å². The molecule has 2 rings (SSSR count). The lowest BCUT2D eigenvalue weighted by atomic mass is 10.2. The topological polar surface area (TPSA) is 83.5 Å². The molecular weight excluding hydrogens is 392 g/mol. The van der Waals surface area contributed by atoms with E-state index in [2.05, 4.69) is 15.9 Å². The highest BCUT2D eigenvalue weighted by atomic mass is 79.9. The lowest BCUT2D eigenvalue weighted by Crippen LogP contribution is -2.14. The van der Waals surface area contributed by atoms with Gasteiger partial charge in [-0.2, -0.15) is 0 Å². The molecule has 0 aliphatic heterocycles. The molecule has 0 aliphatic carbocycles. The molecule has 2 aromatic rings. The maximum absolute atomic E-state index is 13.6. The largest absolute Gasteiger partial charge is 0.478 e. The number of anilines is 1. The number of rotatable bonds is 4. The molecular formula is C11H6BrF2NO4S2. The maximum atomic E-state index is 13.6. The molecule has 1 heterocycles. The van der Waals surface area contributed by atoms with E-state index in [0.717, 1.165) is 11.3 Å². The Kier molecular flexibility index (Phi) is 4.30. The molecule has 2 N–H and O–H groups in total. The first-order valence-corrected chi connectivity index (χ1v) is 8.36. The number of thiophene rings is 1. The molecule has 0 radical (unpaired) electrons. The van der Waals surface area contributed by atoms with E-state index in [1.54, 1.807) is 0 Å². The van der Waals surface area contributed by atoms with E-state index in [1.165, 1.54) is 11.4 Å². The van der Waals surface area contributed by atoms with E-state index in [1.807, 2.05) is 4.72 Å². The van der Waals surface area contributed by atoms with Crippen molar-refractivity contribution in [2.45, 2.75) is 4.21 Å². The van der Waals surface area contributed by atoms with Gasteiger partial charge in [0.1, 0.15) is 11.6 Å². The SMILES string of the molecule is O=C(O)c1cc(NS(=O)(=O)c2sccc2Br)c(F)cc1F. The van der Waals surface area contributed by atoms with E-state index < -0.39 is 38.9 Å². The molecule has 0 unspecified atom stereocenters. The first kappa shape index (κ1) is 15.9. The van der Waals surface area contributed by atoms with Gasteiger partial charge >= 0.3 is 5.97 Å². The standard InChI is InChI=1S/C11H6BrF2NO4S2/c12-6-1-2-20-11(6)21(18,19)15-9-3-5(10(16)17)7(13)4-8(9)14/h1-4,15H,(H,16,17). The zero-order chi connectivity index (χ0) is 15.8. The van der Waals surface area contributed by atoms with Crippen LogP contribution in [0, 0.1) is 11.6 Å². The molecule has 0 aliphatic rings. The van der Waals surface area contributed by atoms with Crippen molar-refractivity contribution >= 4 is 48.9 Å². The second-order valence-corrected chi connectivity index (χ2v) is 7.43.